The summed E-state index contributed by atoms with van der Waals surface area (Å²) < 4.78 is 75.6. The molecule has 2 aromatic heterocycles. The second kappa shape index (κ2) is 14.9. The van der Waals surface area contributed by atoms with E-state index in [1.165, 1.54) is 0 Å². The molecule has 39 heavy (non-hydrogen) atoms. The van der Waals surface area contributed by atoms with Gasteiger partial charge in [-0.05, 0) is 12.1 Å². The van der Waals surface area contributed by atoms with Gasteiger partial charge in [0.15, 0.2) is 0 Å². The van der Waals surface area contributed by atoms with E-state index in [0.29, 0.717) is 32.1 Å². The monoisotopic (exact) mass is 573 g/mol. The molecular weight excluding hydrogens is 548 g/mol. The van der Waals surface area contributed by atoms with Crippen LogP contribution in [0.25, 0.3) is 0 Å². The molecule has 0 aromatic carbocycles. The van der Waals surface area contributed by atoms with Crippen molar-refractivity contribution in [3.8, 4) is 5.88 Å². The van der Waals surface area contributed by atoms with E-state index in [9.17, 15) is 31.1 Å². The number of aromatic nitrogens is 3. The van der Waals surface area contributed by atoms with Crippen molar-refractivity contribution in [2.24, 2.45) is 0 Å². The first-order chi connectivity index (χ1) is 18.1. The number of fused-ring (bicyclic) bond motifs is 1. The number of ether oxygens (including phenoxy) is 2. The molecule has 3 rings (SSSR count). The maximum atomic E-state index is 12.6. The Labute approximate surface area is 217 Å². The molecule has 0 radical (unpaired) electrons. The molecule has 0 saturated heterocycles. The zero-order valence-corrected chi connectivity index (χ0v) is 20.5. The Balaban J connectivity index is 0.000000449. The van der Waals surface area contributed by atoms with Gasteiger partial charge in [-0.25, -0.2) is 14.6 Å². The number of alkyl halides is 6. The average Bonchev–Trinajstić information content (AvgIpc) is 3.32. The molecule has 12 nitrogen and oxygen atoms in total. The van der Waals surface area contributed by atoms with Crippen molar-refractivity contribution >= 4 is 17.8 Å². The maximum absolute atomic E-state index is 12.6. The number of amides is 1. The number of aliphatic carboxylic acids is 2. The van der Waals surface area contributed by atoms with Gasteiger partial charge in [0.05, 0.1) is 19.4 Å². The van der Waals surface area contributed by atoms with E-state index >= 15 is 0 Å². The molecule has 0 aliphatic carbocycles. The Morgan fingerprint density at radius 1 is 1.05 bits per heavy atom. The summed E-state index contributed by atoms with van der Waals surface area (Å²) in [6.07, 6.45) is -6.72. The fourth-order valence-electron chi connectivity index (χ4n) is 3.04. The lowest BCUT2D eigenvalue weighted by molar-refractivity contribution is -0.193. The van der Waals surface area contributed by atoms with Gasteiger partial charge in [0.1, 0.15) is 6.04 Å². The molecule has 0 saturated carbocycles. The fraction of sp³-hybridized carbons (Fsp3) is 0.476. The molecule has 1 amide bonds. The van der Waals surface area contributed by atoms with Gasteiger partial charge in [0, 0.05) is 51.2 Å². The number of nitrogens with one attached hydrogen (secondary N) is 1. The van der Waals surface area contributed by atoms with Gasteiger partial charge in [0.2, 0.25) is 11.8 Å². The number of carboxylic acids is 2. The highest BCUT2D eigenvalue weighted by Gasteiger charge is 2.39. The van der Waals surface area contributed by atoms with Gasteiger partial charge in [-0.1, -0.05) is 6.07 Å². The van der Waals surface area contributed by atoms with Gasteiger partial charge in [-0.2, -0.15) is 31.4 Å². The van der Waals surface area contributed by atoms with Gasteiger partial charge >= 0.3 is 24.3 Å². The number of hydrogen-bond donors (Lipinski definition) is 3. The molecule has 2 aromatic rings. The van der Waals surface area contributed by atoms with Crippen LogP contribution in [0.4, 0.5) is 26.3 Å². The van der Waals surface area contributed by atoms with Crippen LogP contribution in [-0.4, -0.2) is 94.0 Å². The third-order valence-corrected chi connectivity index (χ3v) is 4.69. The Bertz CT molecular complexity index is 1070. The molecule has 3 N–H and O–H groups in total. The van der Waals surface area contributed by atoms with Crippen LogP contribution in [0.15, 0.2) is 30.6 Å². The average molecular weight is 573 g/mol. The van der Waals surface area contributed by atoms with Crippen molar-refractivity contribution < 1.29 is 60.4 Å². The summed E-state index contributed by atoms with van der Waals surface area (Å²) in [6.45, 7) is 2.93. The zero-order chi connectivity index (χ0) is 29.8. The third-order valence-electron chi connectivity index (χ3n) is 4.69. The van der Waals surface area contributed by atoms with Crippen LogP contribution in [0.3, 0.4) is 0 Å². The first-order valence-electron chi connectivity index (χ1n) is 10.7. The minimum Gasteiger partial charge on any atom is -0.481 e. The highest BCUT2D eigenvalue weighted by molar-refractivity contribution is 5.80. The Morgan fingerprint density at radius 2 is 1.64 bits per heavy atom. The summed E-state index contributed by atoms with van der Waals surface area (Å²) in [6, 6.07) is 5.47. The summed E-state index contributed by atoms with van der Waals surface area (Å²) in [5.74, 6) is -4.95. The van der Waals surface area contributed by atoms with Crippen molar-refractivity contribution in [1.82, 2.24) is 25.0 Å². The van der Waals surface area contributed by atoms with Crippen LogP contribution in [-0.2, 0) is 32.2 Å². The number of halogens is 6. The largest absolute Gasteiger partial charge is 0.490 e. The number of nitrogens with zero attached hydrogens (tertiary/aromatic N) is 4. The number of hydrogen-bond acceptors (Lipinski definition) is 8. The smallest absolute Gasteiger partial charge is 0.481 e. The minimum absolute atomic E-state index is 0.0511. The molecule has 1 aliphatic heterocycles. The van der Waals surface area contributed by atoms with Gasteiger partial charge in [-0.3, -0.25) is 14.4 Å². The predicted octanol–water partition coefficient (Wildman–Crippen LogP) is 1.87. The molecular formula is C21H25F6N5O7. The minimum atomic E-state index is -5.08. The zero-order valence-electron chi connectivity index (χ0n) is 20.5. The second-order valence-electron chi connectivity index (χ2n) is 7.51. The topological polar surface area (TPSA) is 156 Å². The molecule has 3 heterocycles. The quantitative estimate of drug-likeness (QED) is 0.330. The third kappa shape index (κ3) is 11.1. The van der Waals surface area contributed by atoms with Crippen LogP contribution in [0, 0.1) is 0 Å². The first-order valence-corrected chi connectivity index (χ1v) is 10.7. The molecule has 1 aliphatic rings. The van der Waals surface area contributed by atoms with Gasteiger partial charge in [0.25, 0.3) is 0 Å². The summed E-state index contributed by atoms with van der Waals surface area (Å²) >= 11 is 0. The van der Waals surface area contributed by atoms with Crippen LogP contribution < -0.4 is 10.1 Å². The van der Waals surface area contributed by atoms with E-state index in [2.05, 4.69) is 20.3 Å². The van der Waals surface area contributed by atoms with Crippen molar-refractivity contribution in [2.75, 3.05) is 33.9 Å². The van der Waals surface area contributed by atoms with Crippen LogP contribution in [0.2, 0.25) is 0 Å². The molecule has 1 unspecified atom stereocenters. The summed E-state index contributed by atoms with van der Waals surface area (Å²) in [5, 5.41) is 21.5. The van der Waals surface area contributed by atoms with Crippen molar-refractivity contribution in [3.63, 3.8) is 0 Å². The maximum Gasteiger partial charge on any atom is 0.490 e. The SMILES string of the molecule is COCCNC(=O)C1CN(Cc2cccnc2OC)Cc2ccnn21.O=C(O)C(F)(F)F.O=C(O)C(F)(F)F. The predicted molar refractivity (Wildman–Crippen MR) is 118 cm³/mol. The van der Waals surface area contributed by atoms with E-state index in [4.69, 9.17) is 29.3 Å². The fourth-order valence-corrected chi connectivity index (χ4v) is 3.04. The number of pyridine rings is 1. The van der Waals surface area contributed by atoms with Crippen molar-refractivity contribution in [3.05, 3.63) is 41.9 Å². The normalized spacial score (nSPS) is 15.0. The highest BCUT2D eigenvalue weighted by Crippen LogP contribution is 2.24. The molecule has 0 fully saturated rings. The number of carbonyl (C=O) groups excluding carboxylic acids is 1. The summed E-state index contributed by atoms with van der Waals surface area (Å²) in [7, 11) is 3.23. The molecule has 18 heteroatoms. The number of methoxy groups -OCH3 is 2. The number of rotatable bonds is 7. The molecule has 218 valence electrons. The van der Waals surface area contributed by atoms with Gasteiger partial charge < -0.3 is 25.0 Å². The number of carboxylic acid groups (broad SMARTS) is 2. The van der Waals surface area contributed by atoms with Gasteiger partial charge in [-0.15, -0.1) is 0 Å². The Morgan fingerprint density at radius 3 is 2.15 bits per heavy atom. The lowest BCUT2D eigenvalue weighted by Gasteiger charge is -2.33. The molecule has 0 spiro atoms. The van der Waals surface area contributed by atoms with E-state index in [1.54, 1.807) is 31.3 Å². The standard InChI is InChI=1S/C17H23N5O3.2C2HF3O2/c1-24-9-8-18-16(23)15-12-21(11-14-5-7-20-22(14)15)10-13-4-3-6-19-17(13)25-2;2*3-2(4,5)1(6)7/h3-7,15H,8-12H2,1-2H3,(H,18,23);2*(H,6,7). The van der Waals surface area contributed by atoms with Crippen molar-refractivity contribution in [2.45, 2.75) is 31.5 Å². The highest BCUT2D eigenvalue weighted by atomic mass is 19.4. The summed E-state index contributed by atoms with van der Waals surface area (Å²) in [4.78, 5) is 36.8. The van der Waals surface area contributed by atoms with E-state index in [1.807, 2.05) is 18.2 Å². The van der Waals surface area contributed by atoms with Crippen molar-refractivity contribution in [1.29, 1.82) is 0 Å². The molecule has 1 atom stereocenters. The van der Waals surface area contributed by atoms with E-state index in [0.717, 1.165) is 17.8 Å². The lowest BCUT2D eigenvalue weighted by atomic mass is 10.1. The van der Waals surface area contributed by atoms with E-state index in [-0.39, 0.29) is 11.9 Å². The Hall–Kier alpha value is -3.93. The first kappa shape index (κ1) is 33.1. The Kier molecular flexibility index (Phi) is 12.6. The second-order valence-corrected chi connectivity index (χ2v) is 7.51. The van der Waals surface area contributed by atoms with Crippen LogP contribution >= 0.6 is 0 Å². The lowest BCUT2D eigenvalue weighted by Crippen LogP contribution is -2.45. The van der Waals surface area contributed by atoms with E-state index < -0.39 is 24.3 Å². The summed E-state index contributed by atoms with van der Waals surface area (Å²) in [5.41, 5.74) is 2.01. The number of carbonyl (C=O) groups is 3. The van der Waals surface area contributed by atoms with Crippen LogP contribution in [0.1, 0.15) is 17.3 Å². The van der Waals surface area contributed by atoms with Crippen LogP contribution in [0.5, 0.6) is 5.88 Å². The molecule has 0 bridgehead atoms.